The first kappa shape index (κ1) is 13.4. The molecule has 1 saturated heterocycles. The van der Waals surface area contributed by atoms with Gasteiger partial charge in [0.25, 0.3) is 0 Å². The molecule has 2 rings (SSSR count). The van der Waals surface area contributed by atoms with Crippen molar-refractivity contribution < 1.29 is 14.3 Å². The summed E-state index contributed by atoms with van der Waals surface area (Å²) in [6, 6.07) is 6.22. The average Bonchev–Trinajstić information content (AvgIpc) is 2.43. The maximum absolute atomic E-state index is 12.4. The number of rotatable bonds is 3. The number of anilines is 1. The van der Waals surface area contributed by atoms with Crippen molar-refractivity contribution in [2.24, 2.45) is 0 Å². The maximum Gasteiger partial charge on any atom is 0.250 e. The molecule has 1 N–H and O–H groups in total. The van der Waals surface area contributed by atoms with Gasteiger partial charge in [0.2, 0.25) is 11.8 Å². The van der Waals surface area contributed by atoms with Gasteiger partial charge in [0.05, 0.1) is 7.11 Å². The minimum atomic E-state index is -0.512. The minimum Gasteiger partial charge on any atom is -0.497 e. The van der Waals surface area contributed by atoms with E-state index in [4.69, 9.17) is 4.74 Å². The van der Waals surface area contributed by atoms with Gasteiger partial charge in [-0.05, 0) is 25.5 Å². The van der Waals surface area contributed by atoms with Gasteiger partial charge in [0, 0.05) is 11.8 Å². The van der Waals surface area contributed by atoms with Gasteiger partial charge >= 0.3 is 0 Å². The van der Waals surface area contributed by atoms with Crippen LogP contribution in [0, 0.1) is 0 Å². The van der Waals surface area contributed by atoms with Gasteiger partial charge in [-0.25, -0.2) is 0 Å². The SMILES string of the molecule is CCC1NC(=O)C(C)N(c2cccc(OC)c2)C1=O. The first-order valence-corrected chi connectivity index (χ1v) is 6.36. The van der Waals surface area contributed by atoms with Crippen LogP contribution in [0.25, 0.3) is 0 Å². The molecule has 5 heteroatoms. The Morgan fingerprint density at radius 1 is 1.37 bits per heavy atom. The highest BCUT2D eigenvalue weighted by atomic mass is 16.5. The largest absolute Gasteiger partial charge is 0.497 e. The van der Waals surface area contributed by atoms with Gasteiger partial charge in [0.15, 0.2) is 0 Å². The zero-order valence-electron chi connectivity index (χ0n) is 11.3. The normalized spacial score (nSPS) is 23.2. The predicted octanol–water partition coefficient (Wildman–Crippen LogP) is 1.33. The fourth-order valence-electron chi connectivity index (χ4n) is 2.22. The number of nitrogens with zero attached hydrogens (tertiary/aromatic N) is 1. The molecular weight excluding hydrogens is 244 g/mol. The van der Waals surface area contributed by atoms with Crippen LogP contribution in [0.2, 0.25) is 0 Å². The van der Waals surface area contributed by atoms with Crippen LogP contribution in [0.4, 0.5) is 5.69 Å². The minimum absolute atomic E-state index is 0.0807. The van der Waals surface area contributed by atoms with E-state index in [1.807, 2.05) is 19.1 Å². The van der Waals surface area contributed by atoms with Crippen molar-refractivity contribution in [1.82, 2.24) is 5.32 Å². The molecule has 1 aromatic carbocycles. The van der Waals surface area contributed by atoms with Gasteiger partial charge in [0.1, 0.15) is 17.8 Å². The van der Waals surface area contributed by atoms with Crippen LogP contribution in [0.3, 0.4) is 0 Å². The standard InChI is InChI=1S/C14H18N2O3/c1-4-12-14(18)16(9(2)13(17)15-12)10-6-5-7-11(8-10)19-3/h5-9,12H,4H2,1-3H3,(H,15,17). The molecule has 5 nitrogen and oxygen atoms in total. The zero-order valence-corrected chi connectivity index (χ0v) is 11.3. The third-order valence-corrected chi connectivity index (χ3v) is 3.36. The second kappa shape index (κ2) is 5.30. The highest BCUT2D eigenvalue weighted by Gasteiger charge is 2.38. The van der Waals surface area contributed by atoms with Crippen LogP contribution in [0.1, 0.15) is 20.3 Å². The third kappa shape index (κ3) is 2.41. The number of piperazine rings is 1. The van der Waals surface area contributed by atoms with Crippen LogP contribution >= 0.6 is 0 Å². The lowest BCUT2D eigenvalue weighted by Gasteiger charge is -2.37. The van der Waals surface area contributed by atoms with E-state index in [0.717, 1.165) is 0 Å². The molecule has 19 heavy (non-hydrogen) atoms. The average molecular weight is 262 g/mol. The van der Waals surface area contributed by atoms with E-state index in [0.29, 0.717) is 17.9 Å². The fourth-order valence-corrected chi connectivity index (χ4v) is 2.22. The first-order chi connectivity index (χ1) is 9.08. The number of hydrogen-bond acceptors (Lipinski definition) is 3. The molecule has 1 aliphatic heterocycles. The molecule has 0 aliphatic carbocycles. The van der Waals surface area contributed by atoms with Crippen LogP contribution < -0.4 is 15.0 Å². The number of carbonyl (C=O) groups is 2. The van der Waals surface area contributed by atoms with E-state index < -0.39 is 12.1 Å². The van der Waals surface area contributed by atoms with Crippen molar-refractivity contribution in [3.8, 4) is 5.75 Å². The van der Waals surface area contributed by atoms with Crippen LogP contribution in [0.5, 0.6) is 5.75 Å². The lowest BCUT2D eigenvalue weighted by molar-refractivity contribution is -0.133. The van der Waals surface area contributed by atoms with Gasteiger partial charge < -0.3 is 10.1 Å². The van der Waals surface area contributed by atoms with E-state index in [9.17, 15) is 9.59 Å². The van der Waals surface area contributed by atoms with Crippen molar-refractivity contribution in [1.29, 1.82) is 0 Å². The number of hydrogen-bond donors (Lipinski definition) is 1. The van der Waals surface area contributed by atoms with Gasteiger partial charge in [-0.3, -0.25) is 14.5 Å². The van der Waals surface area contributed by atoms with Crippen molar-refractivity contribution in [2.75, 3.05) is 12.0 Å². The van der Waals surface area contributed by atoms with E-state index in [2.05, 4.69) is 5.32 Å². The second-order valence-corrected chi connectivity index (χ2v) is 4.56. The Labute approximate surface area is 112 Å². The Morgan fingerprint density at radius 3 is 2.74 bits per heavy atom. The Hall–Kier alpha value is -2.04. The molecule has 2 atom stereocenters. The van der Waals surface area contributed by atoms with Gasteiger partial charge in [-0.15, -0.1) is 0 Å². The molecule has 0 saturated carbocycles. The van der Waals surface area contributed by atoms with Crippen molar-refractivity contribution in [2.45, 2.75) is 32.4 Å². The summed E-state index contributed by atoms with van der Waals surface area (Å²) < 4.78 is 5.16. The summed E-state index contributed by atoms with van der Waals surface area (Å²) in [6.45, 7) is 3.60. The molecule has 0 radical (unpaired) electrons. The monoisotopic (exact) mass is 262 g/mol. The summed E-state index contributed by atoms with van der Waals surface area (Å²) in [4.78, 5) is 25.8. The summed E-state index contributed by atoms with van der Waals surface area (Å²) in [5.41, 5.74) is 0.685. The highest BCUT2D eigenvalue weighted by Crippen LogP contribution is 2.25. The molecule has 102 valence electrons. The Bertz CT molecular complexity index is 501. The predicted molar refractivity (Wildman–Crippen MR) is 72.2 cm³/mol. The second-order valence-electron chi connectivity index (χ2n) is 4.56. The smallest absolute Gasteiger partial charge is 0.250 e. The molecule has 0 aromatic heterocycles. The number of methoxy groups -OCH3 is 1. The number of benzene rings is 1. The summed E-state index contributed by atoms with van der Waals surface area (Å²) in [7, 11) is 1.57. The summed E-state index contributed by atoms with van der Waals surface area (Å²) in [5, 5.41) is 2.73. The quantitative estimate of drug-likeness (QED) is 0.894. The highest BCUT2D eigenvalue weighted by molar-refractivity contribution is 6.08. The number of nitrogens with one attached hydrogen (secondary N) is 1. The molecule has 0 spiro atoms. The van der Waals surface area contributed by atoms with Crippen molar-refractivity contribution in [3.05, 3.63) is 24.3 Å². The Kier molecular flexibility index (Phi) is 3.74. The van der Waals surface area contributed by atoms with E-state index in [1.54, 1.807) is 26.2 Å². The molecular formula is C14H18N2O3. The molecule has 2 amide bonds. The summed E-state index contributed by atoms with van der Waals surface area (Å²) in [6.07, 6.45) is 0.581. The third-order valence-electron chi connectivity index (χ3n) is 3.36. The topological polar surface area (TPSA) is 58.6 Å². The Balaban J connectivity index is 2.38. The number of carbonyl (C=O) groups excluding carboxylic acids is 2. The Morgan fingerprint density at radius 2 is 2.11 bits per heavy atom. The van der Waals surface area contributed by atoms with Gasteiger partial charge in [-0.2, -0.15) is 0 Å². The molecule has 0 bridgehead atoms. The van der Waals surface area contributed by atoms with Crippen molar-refractivity contribution in [3.63, 3.8) is 0 Å². The molecule has 1 heterocycles. The molecule has 2 unspecified atom stereocenters. The van der Waals surface area contributed by atoms with Crippen LogP contribution in [-0.2, 0) is 9.59 Å². The first-order valence-electron chi connectivity index (χ1n) is 6.36. The number of ether oxygens (including phenoxy) is 1. The van der Waals surface area contributed by atoms with Crippen LogP contribution in [-0.4, -0.2) is 31.0 Å². The van der Waals surface area contributed by atoms with E-state index in [1.165, 1.54) is 4.90 Å². The zero-order chi connectivity index (χ0) is 14.0. The van der Waals surface area contributed by atoms with Crippen molar-refractivity contribution >= 4 is 17.5 Å². The lowest BCUT2D eigenvalue weighted by atomic mass is 10.1. The van der Waals surface area contributed by atoms with E-state index >= 15 is 0 Å². The van der Waals surface area contributed by atoms with Gasteiger partial charge in [-0.1, -0.05) is 13.0 Å². The number of amides is 2. The lowest BCUT2D eigenvalue weighted by Crippen LogP contribution is -2.62. The summed E-state index contributed by atoms with van der Waals surface area (Å²) >= 11 is 0. The fraction of sp³-hybridized carbons (Fsp3) is 0.429. The molecule has 1 fully saturated rings. The van der Waals surface area contributed by atoms with Crippen LogP contribution in [0.15, 0.2) is 24.3 Å². The maximum atomic E-state index is 12.4. The summed E-state index contributed by atoms with van der Waals surface area (Å²) in [5.74, 6) is 0.452. The van der Waals surface area contributed by atoms with E-state index in [-0.39, 0.29) is 11.8 Å². The molecule has 1 aromatic rings. The molecule has 1 aliphatic rings.